The maximum Gasteiger partial charge on any atom is 0.358 e. The zero-order valence-corrected chi connectivity index (χ0v) is 9.53. The fourth-order valence-corrected chi connectivity index (χ4v) is 1.39. The summed E-state index contributed by atoms with van der Waals surface area (Å²) < 4.78 is 4.86. The molecule has 2 N–H and O–H groups in total. The molecule has 0 bridgehead atoms. The second kappa shape index (κ2) is 7.00. The molecule has 1 aromatic rings. The van der Waals surface area contributed by atoms with Crippen molar-refractivity contribution >= 4 is 5.97 Å². The maximum atomic E-state index is 10.5. The van der Waals surface area contributed by atoms with E-state index in [4.69, 9.17) is 9.63 Å². The van der Waals surface area contributed by atoms with Crippen molar-refractivity contribution in [2.45, 2.75) is 39.2 Å². The molecule has 5 nitrogen and oxygen atoms in total. The number of aromatic carboxylic acids is 1. The van der Waals surface area contributed by atoms with Crippen LogP contribution in [-0.2, 0) is 6.54 Å². The minimum atomic E-state index is -1.06. The molecule has 0 unspecified atom stereocenters. The highest BCUT2D eigenvalue weighted by Gasteiger charge is 2.09. The molecule has 0 aromatic carbocycles. The van der Waals surface area contributed by atoms with Gasteiger partial charge in [-0.3, -0.25) is 0 Å². The Balaban J connectivity index is 2.14. The van der Waals surface area contributed by atoms with E-state index in [1.165, 1.54) is 25.3 Å². The Morgan fingerprint density at radius 2 is 2.31 bits per heavy atom. The Kier molecular flexibility index (Phi) is 5.56. The van der Waals surface area contributed by atoms with Gasteiger partial charge >= 0.3 is 5.97 Å². The first-order chi connectivity index (χ1) is 7.74. The third-order valence-electron chi connectivity index (χ3n) is 2.28. The van der Waals surface area contributed by atoms with Gasteiger partial charge < -0.3 is 14.9 Å². The lowest BCUT2D eigenvalue weighted by Crippen LogP contribution is -2.14. The van der Waals surface area contributed by atoms with E-state index in [-0.39, 0.29) is 5.69 Å². The summed E-state index contributed by atoms with van der Waals surface area (Å²) in [4.78, 5) is 10.5. The van der Waals surface area contributed by atoms with Crippen molar-refractivity contribution in [2.24, 2.45) is 0 Å². The third kappa shape index (κ3) is 4.44. The predicted octanol–water partition coefficient (Wildman–Crippen LogP) is 2.04. The van der Waals surface area contributed by atoms with Crippen LogP contribution in [0.4, 0.5) is 0 Å². The number of hydrogen-bond donors (Lipinski definition) is 2. The van der Waals surface area contributed by atoms with Crippen molar-refractivity contribution in [3.63, 3.8) is 0 Å². The van der Waals surface area contributed by atoms with Crippen LogP contribution in [-0.4, -0.2) is 22.8 Å². The van der Waals surface area contributed by atoms with Gasteiger partial charge in [-0.2, -0.15) is 0 Å². The van der Waals surface area contributed by atoms with Crippen LogP contribution in [0.2, 0.25) is 0 Å². The molecule has 0 spiro atoms. The molecular weight excluding hydrogens is 208 g/mol. The van der Waals surface area contributed by atoms with E-state index in [0.717, 1.165) is 13.0 Å². The molecule has 0 aliphatic heterocycles. The molecule has 0 saturated heterocycles. The summed E-state index contributed by atoms with van der Waals surface area (Å²) in [6, 6.07) is 1.45. The molecule has 0 amide bonds. The number of carbonyl (C=O) groups is 1. The van der Waals surface area contributed by atoms with Crippen LogP contribution in [0.25, 0.3) is 0 Å². The predicted molar refractivity (Wildman–Crippen MR) is 59.3 cm³/mol. The van der Waals surface area contributed by atoms with Crippen LogP contribution in [0.3, 0.4) is 0 Å². The van der Waals surface area contributed by atoms with Crippen LogP contribution >= 0.6 is 0 Å². The van der Waals surface area contributed by atoms with Gasteiger partial charge in [0.15, 0.2) is 11.5 Å². The van der Waals surface area contributed by atoms with Gasteiger partial charge in [0.25, 0.3) is 0 Å². The highest BCUT2D eigenvalue weighted by atomic mass is 16.5. The van der Waals surface area contributed by atoms with Crippen LogP contribution in [0.15, 0.2) is 10.6 Å². The molecule has 0 atom stereocenters. The smallest absolute Gasteiger partial charge is 0.358 e. The van der Waals surface area contributed by atoms with Crippen molar-refractivity contribution in [3.8, 4) is 0 Å². The van der Waals surface area contributed by atoms with E-state index in [9.17, 15) is 4.79 Å². The van der Waals surface area contributed by atoms with Crippen molar-refractivity contribution in [2.75, 3.05) is 6.54 Å². The molecule has 0 saturated carbocycles. The highest BCUT2D eigenvalue weighted by molar-refractivity contribution is 5.85. The molecule has 16 heavy (non-hydrogen) atoms. The van der Waals surface area contributed by atoms with Gasteiger partial charge in [0.05, 0.1) is 6.54 Å². The highest BCUT2D eigenvalue weighted by Crippen LogP contribution is 2.03. The second-order valence-corrected chi connectivity index (χ2v) is 3.72. The van der Waals surface area contributed by atoms with Gasteiger partial charge in [0.2, 0.25) is 0 Å². The standard InChI is InChI=1S/C11H18N2O3/c1-2-3-4-5-6-12-8-9-7-10(11(14)15)13-16-9/h7,12H,2-6,8H2,1H3,(H,14,15). The van der Waals surface area contributed by atoms with Gasteiger partial charge in [-0.1, -0.05) is 31.3 Å². The van der Waals surface area contributed by atoms with E-state index in [2.05, 4.69) is 17.4 Å². The molecule has 0 fully saturated rings. The molecule has 0 aliphatic carbocycles. The molecule has 90 valence electrons. The van der Waals surface area contributed by atoms with Crippen molar-refractivity contribution in [1.29, 1.82) is 0 Å². The first-order valence-corrected chi connectivity index (χ1v) is 5.63. The van der Waals surface area contributed by atoms with E-state index in [1.807, 2.05) is 0 Å². The molecular formula is C11H18N2O3. The van der Waals surface area contributed by atoms with E-state index < -0.39 is 5.97 Å². The Morgan fingerprint density at radius 3 is 2.94 bits per heavy atom. The SMILES string of the molecule is CCCCCCNCc1cc(C(=O)O)no1. The number of carboxylic acid groups (broad SMARTS) is 1. The lowest BCUT2D eigenvalue weighted by molar-refractivity contribution is 0.0685. The quantitative estimate of drug-likeness (QED) is 0.663. The van der Waals surface area contributed by atoms with Gasteiger partial charge in [-0.05, 0) is 13.0 Å². The fourth-order valence-electron chi connectivity index (χ4n) is 1.39. The molecule has 1 rings (SSSR count). The normalized spacial score (nSPS) is 10.6. The molecule has 1 heterocycles. The van der Waals surface area contributed by atoms with Crippen LogP contribution in [0.1, 0.15) is 48.9 Å². The van der Waals surface area contributed by atoms with Gasteiger partial charge in [0.1, 0.15) is 0 Å². The monoisotopic (exact) mass is 226 g/mol. The summed E-state index contributed by atoms with van der Waals surface area (Å²) in [5.74, 6) is -0.495. The van der Waals surface area contributed by atoms with Gasteiger partial charge in [0, 0.05) is 6.07 Å². The fraction of sp³-hybridized carbons (Fsp3) is 0.636. The number of nitrogens with one attached hydrogen (secondary N) is 1. The molecule has 0 radical (unpaired) electrons. The van der Waals surface area contributed by atoms with Crippen LogP contribution in [0, 0.1) is 0 Å². The third-order valence-corrected chi connectivity index (χ3v) is 2.28. The average molecular weight is 226 g/mol. The number of rotatable bonds is 8. The number of carboxylic acids is 1. The zero-order chi connectivity index (χ0) is 11.8. The molecule has 5 heteroatoms. The van der Waals surface area contributed by atoms with E-state index in [1.54, 1.807) is 0 Å². The van der Waals surface area contributed by atoms with Gasteiger partial charge in [-0.15, -0.1) is 0 Å². The van der Waals surface area contributed by atoms with E-state index >= 15 is 0 Å². The maximum absolute atomic E-state index is 10.5. The Hall–Kier alpha value is -1.36. The Labute approximate surface area is 94.8 Å². The summed E-state index contributed by atoms with van der Waals surface area (Å²) in [5, 5.41) is 15.2. The first kappa shape index (κ1) is 12.7. The van der Waals surface area contributed by atoms with Gasteiger partial charge in [-0.25, -0.2) is 4.79 Å². The first-order valence-electron chi connectivity index (χ1n) is 5.63. The number of aromatic nitrogens is 1. The lowest BCUT2D eigenvalue weighted by atomic mass is 10.2. The average Bonchev–Trinajstić information content (AvgIpc) is 2.72. The minimum absolute atomic E-state index is 0.0391. The lowest BCUT2D eigenvalue weighted by Gasteiger charge is -2.00. The molecule has 0 aliphatic rings. The largest absolute Gasteiger partial charge is 0.476 e. The van der Waals surface area contributed by atoms with Crippen LogP contribution in [0.5, 0.6) is 0 Å². The number of hydrogen-bond acceptors (Lipinski definition) is 4. The summed E-state index contributed by atoms with van der Waals surface area (Å²) in [6.07, 6.45) is 4.84. The summed E-state index contributed by atoms with van der Waals surface area (Å²) >= 11 is 0. The summed E-state index contributed by atoms with van der Waals surface area (Å²) in [6.45, 7) is 3.63. The Bertz CT molecular complexity index is 323. The van der Waals surface area contributed by atoms with Crippen molar-refractivity contribution in [1.82, 2.24) is 10.5 Å². The second-order valence-electron chi connectivity index (χ2n) is 3.72. The Morgan fingerprint density at radius 1 is 1.50 bits per heavy atom. The summed E-state index contributed by atoms with van der Waals surface area (Å²) in [7, 11) is 0. The minimum Gasteiger partial charge on any atom is -0.476 e. The van der Waals surface area contributed by atoms with E-state index in [0.29, 0.717) is 12.3 Å². The summed E-state index contributed by atoms with van der Waals surface area (Å²) in [5.41, 5.74) is -0.0391. The van der Waals surface area contributed by atoms with Crippen molar-refractivity contribution < 1.29 is 14.4 Å². The molecule has 1 aromatic heterocycles. The van der Waals surface area contributed by atoms with Crippen LogP contribution < -0.4 is 5.32 Å². The van der Waals surface area contributed by atoms with Crippen molar-refractivity contribution in [3.05, 3.63) is 17.5 Å². The number of nitrogens with zero attached hydrogens (tertiary/aromatic N) is 1. The topological polar surface area (TPSA) is 75.4 Å². The number of unbranched alkanes of at least 4 members (excludes halogenated alkanes) is 3. The zero-order valence-electron chi connectivity index (χ0n) is 9.53.